The summed E-state index contributed by atoms with van der Waals surface area (Å²) >= 11 is 2.01. The highest BCUT2D eigenvalue weighted by molar-refractivity contribution is 7.99. The van der Waals surface area contributed by atoms with Crippen LogP contribution in [0.1, 0.15) is 26.3 Å². The lowest BCUT2D eigenvalue weighted by Gasteiger charge is -2.18. The molecule has 102 valence electrons. The molecular formula is C15H25NOS. The van der Waals surface area contributed by atoms with Crippen molar-refractivity contribution in [1.29, 1.82) is 0 Å². The highest BCUT2D eigenvalue weighted by Gasteiger charge is 2.09. The summed E-state index contributed by atoms with van der Waals surface area (Å²) < 4.78 is 0. The van der Waals surface area contributed by atoms with Gasteiger partial charge in [-0.3, -0.25) is 0 Å². The van der Waals surface area contributed by atoms with Crippen LogP contribution >= 0.6 is 11.8 Å². The van der Waals surface area contributed by atoms with E-state index in [1.807, 2.05) is 23.9 Å². The molecule has 0 aromatic heterocycles. The minimum absolute atomic E-state index is 0.359. The molecular weight excluding hydrogens is 242 g/mol. The maximum atomic E-state index is 9.48. The number of likely N-dealkylation sites (N-methyl/N-ethyl adjacent to an activating group) is 1. The standard InChI is InChI=1S/C15H25NOS/c1-4-16-14(11-18-10-12(2)3)8-13-6-5-7-15(17)9-13/h5-7,9,12,14,16-17H,4,8,10-11H2,1-3H3. The molecule has 0 fully saturated rings. The summed E-state index contributed by atoms with van der Waals surface area (Å²) in [5.41, 5.74) is 1.20. The van der Waals surface area contributed by atoms with Crippen LogP contribution in [0.3, 0.4) is 0 Å². The van der Waals surface area contributed by atoms with E-state index in [1.54, 1.807) is 6.07 Å². The first-order chi connectivity index (χ1) is 8.61. The van der Waals surface area contributed by atoms with Crippen LogP contribution in [-0.2, 0) is 6.42 Å². The molecule has 0 saturated heterocycles. The van der Waals surface area contributed by atoms with Gasteiger partial charge in [-0.05, 0) is 42.3 Å². The van der Waals surface area contributed by atoms with E-state index in [0.717, 1.165) is 24.6 Å². The molecule has 0 aliphatic heterocycles. The molecule has 1 atom stereocenters. The smallest absolute Gasteiger partial charge is 0.115 e. The highest BCUT2D eigenvalue weighted by atomic mass is 32.2. The first kappa shape index (κ1) is 15.4. The second-order valence-electron chi connectivity index (χ2n) is 5.06. The van der Waals surface area contributed by atoms with Gasteiger partial charge >= 0.3 is 0 Å². The molecule has 0 amide bonds. The number of benzene rings is 1. The minimum atomic E-state index is 0.359. The Bertz CT molecular complexity index is 341. The van der Waals surface area contributed by atoms with E-state index in [4.69, 9.17) is 0 Å². The summed E-state index contributed by atoms with van der Waals surface area (Å²) in [5.74, 6) is 3.44. The third kappa shape index (κ3) is 6.31. The molecule has 0 aliphatic rings. The van der Waals surface area contributed by atoms with E-state index in [2.05, 4.69) is 32.2 Å². The molecule has 2 N–H and O–H groups in total. The summed E-state index contributed by atoms with van der Waals surface area (Å²) in [6.45, 7) is 7.64. The van der Waals surface area contributed by atoms with Crippen LogP contribution in [0.2, 0.25) is 0 Å². The molecule has 0 radical (unpaired) electrons. The van der Waals surface area contributed by atoms with Crippen LogP contribution in [0, 0.1) is 5.92 Å². The van der Waals surface area contributed by atoms with Crippen molar-refractivity contribution in [3.8, 4) is 5.75 Å². The average molecular weight is 267 g/mol. The van der Waals surface area contributed by atoms with Crippen molar-refractivity contribution in [2.24, 2.45) is 5.92 Å². The molecule has 18 heavy (non-hydrogen) atoms. The van der Waals surface area contributed by atoms with Gasteiger partial charge in [0, 0.05) is 11.8 Å². The molecule has 0 spiro atoms. The van der Waals surface area contributed by atoms with Gasteiger partial charge in [0.1, 0.15) is 5.75 Å². The maximum absolute atomic E-state index is 9.48. The van der Waals surface area contributed by atoms with Gasteiger partial charge in [-0.2, -0.15) is 11.8 Å². The van der Waals surface area contributed by atoms with E-state index in [9.17, 15) is 5.11 Å². The van der Waals surface area contributed by atoms with Gasteiger partial charge in [0.05, 0.1) is 0 Å². The van der Waals surface area contributed by atoms with Crippen molar-refractivity contribution in [1.82, 2.24) is 5.32 Å². The fraction of sp³-hybridized carbons (Fsp3) is 0.600. The van der Waals surface area contributed by atoms with E-state index < -0.39 is 0 Å². The normalized spacial score (nSPS) is 12.9. The molecule has 3 heteroatoms. The van der Waals surface area contributed by atoms with Crippen LogP contribution in [-0.4, -0.2) is 29.2 Å². The number of aromatic hydroxyl groups is 1. The van der Waals surface area contributed by atoms with Crippen molar-refractivity contribution in [2.75, 3.05) is 18.1 Å². The Labute approximate surface area is 115 Å². The number of thioether (sulfide) groups is 1. The average Bonchev–Trinajstić information content (AvgIpc) is 2.28. The van der Waals surface area contributed by atoms with E-state index >= 15 is 0 Å². The summed E-state index contributed by atoms with van der Waals surface area (Å²) in [6, 6.07) is 8.06. The summed E-state index contributed by atoms with van der Waals surface area (Å²) in [7, 11) is 0. The van der Waals surface area contributed by atoms with Gasteiger partial charge < -0.3 is 10.4 Å². The Morgan fingerprint density at radius 3 is 2.67 bits per heavy atom. The topological polar surface area (TPSA) is 32.3 Å². The van der Waals surface area contributed by atoms with E-state index in [-0.39, 0.29) is 0 Å². The lowest BCUT2D eigenvalue weighted by molar-refractivity contribution is 0.473. The van der Waals surface area contributed by atoms with Crippen molar-refractivity contribution < 1.29 is 5.11 Å². The van der Waals surface area contributed by atoms with Crippen molar-refractivity contribution >= 4 is 11.8 Å². The van der Waals surface area contributed by atoms with E-state index in [0.29, 0.717) is 11.8 Å². The monoisotopic (exact) mass is 267 g/mol. The van der Waals surface area contributed by atoms with Gasteiger partial charge in [-0.15, -0.1) is 0 Å². The molecule has 0 saturated carbocycles. The van der Waals surface area contributed by atoms with Crippen molar-refractivity contribution in [3.63, 3.8) is 0 Å². The molecule has 1 rings (SSSR count). The van der Waals surface area contributed by atoms with Crippen LogP contribution < -0.4 is 5.32 Å². The molecule has 0 bridgehead atoms. The fourth-order valence-electron chi connectivity index (χ4n) is 1.89. The number of hydrogen-bond acceptors (Lipinski definition) is 3. The van der Waals surface area contributed by atoms with Crippen LogP contribution in [0.15, 0.2) is 24.3 Å². The Hall–Kier alpha value is -0.670. The zero-order valence-corrected chi connectivity index (χ0v) is 12.5. The van der Waals surface area contributed by atoms with Gasteiger partial charge in [0.25, 0.3) is 0 Å². The zero-order chi connectivity index (χ0) is 13.4. The minimum Gasteiger partial charge on any atom is -0.508 e. The second kappa shape index (κ2) is 8.44. The zero-order valence-electron chi connectivity index (χ0n) is 11.6. The van der Waals surface area contributed by atoms with Crippen molar-refractivity contribution in [2.45, 2.75) is 33.2 Å². The second-order valence-corrected chi connectivity index (χ2v) is 6.13. The van der Waals surface area contributed by atoms with Gasteiger partial charge in [-0.25, -0.2) is 0 Å². The Balaban J connectivity index is 2.46. The molecule has 2 nitrogen and oxygen atoms in total. The summed E-state index contributed by atoms with van der Waals surface area (Å²) in [5, 5.41) is 13.0. The SMILES string of the molecule is CCNC(CSCC(C)C)Cc1cccc(O)c1. The maximum Gasteiger partial charge on any atom is 0.115 e. The number of hydrogen-bond donors (Lipinski definition) is 2. The van der Waals surface area contributed by atoms with Crippen LogP contribution in [0.4, 0.5) is 0 Å². The molecule has 1 aromatic carbocycles. The number of nitrogens with one attached hydrogen (secondary N) is 1. The highest BCUT2D eigenvalue weighted by Crippen LogP contribution is 2.15. The molecule has 1 unspecified atom stereocenters. The van der Waals surface area contributed by atoms with Gasteiger partial charge in [-0.1, -0.05) is 32.9 Å². The first-order valence-electron chi connectivity index (χ1n) is 6.70. The fourth-order valence-corrected chi connectivity index (χ4v) is 3.02. The molecule has 0 heterocycles. The van der Waals surface area contributed by atoms with Crippen LogP contribution in [0.25, 0.3) is 0 Å². The van der Waals surface area contributed by atoms with Crippen molar-refractivity contribution in [3.05, 3.63) is 29.8 Å². The largest absolute Gasteiger partial charge is 0.508 e. The van der Waals surface area contributed by atoms with Gasteiger partial charge in [0.2, 0.25) is 0 Å². The Morgan fingerprint density at radius 1 is 1.28 bits per heavy atom. The predicted molar refractivity (Wildman–Crippen MR) is 81.4 cm³/mol. The molecule has 1 aromatic rings. The Kier molecular flexibility index (Phi) is 7.21. The molecule has 0 aliphatic carbocycles. The number of phenols is 1. The lowest BCUT2D eigenvalue weighted by Crippen LogP contribution is -2.33. The van der Waals surface area contributed by atoms with Crippen LogP contribution in [0.5, 0.6) is 5.75 Å². The first-order valence-corrected chi connectivity index (χ1v) is 7.86. The predicted octanol–water partition coefficient (Wildman–Crippen LogP) is 3.30. The summed E-state index contributed by atoms with van der Waals surface area (Å²) in [4.78, 5) is 0. The van der Waals surface area contributed by atoms with Gasteiger partial charge in [0.15, 0.2) is 0 Å². The number of rotatable bonds is 8. The quantitative estimate of drug-likeness (QED) is 0.758. The lowest BCUT2D eigenvalue weighted by atomic mass is 10.1. The third-order valence-electron chi connectivity index (χ3n) is 2.66. The summed E-state index contributed by atoms with van der Waals surface area (Å²) in [6.07, 6.45) is 0.979. The van der Waals surface area contributed by atoms with E-state index in [1.165, 1.54) is 11.3 Å². The number of phenolic OH excluding ortho intramolecular Hbond substituents is 1. The Morgan fingerprint density at radius 2 is 2.06 bits per heavy atom. The third-order valence-corrected chi connectivity index (χ3v) is 4.20.